The van der Waals surface area contributed by atoms with Crippen molar-refractivity contribution in [1.82, 2.24) is 4.90 Å². The Balaban J connectivity index is 2.16. The van der Waals surface area contributed by atoms with Crippen LogP contribution in [0.4, 0.5) is 10.1 Å². The van der Waals surface area contributed by atoms with Gasteiger partial charge in [-0.3, -0.25) is 9.59 Å². The Labute approximate surface area is 111 Å². The van der Waals surface area contributed by atoms with E-state index in [1.54, 1.807) is 17.9 Å². The number of nitrogens with zero attached hydrogens (tertiary/aromatic N) is 2. The minimum absolute atomic E-state index is 0.0645. The van der Waals surface area contributed by atoms with Gasteiger partial charge in [0.1, 0.15) is 12.1 Å². The number of hydrogen-bond acceptors (Lipinski definition) is 3. The maximum atomic E-state index is 13.4. The van der Waals surface area contributed by atoms with Gasteiger partial charge in [0.05, 0.1) is 0 Å². The number of rotatable bonds is 2. The maximum Gasteiger partial charge on any atom is 0.219 e. The van der Waals surface area contributed by atoms with Crippen LogP contribution in [0, 0.1) is 5.82 Å². The van der Waals surface area contributed by atoms with Gasteiger partial charge in [0, 0.05) is 44.4 Å². The van der Waals surface area contributed by atoms with Gasteiger partial charge >= 0.3 is 0 Å². The van der Waals surface area contributed by atoms with E-state index < -0.39 is 5.82 Å². The lowest BCUT2D eigenvalue weighted by atomic mass is 10.2. The molecule has 1 saturated heterocycles. The number of amides is 1. The number of anilines is 1. The number of halogens is 1. The van der Waals surface area contributed by atoms with E-state index in [9.17, 15) is 14.0 Å². The molecule has 102 valence electrons. The summed E-state index contributed by atoms with van der Waals surface area (Å²) in [5, 5.41) is 0. The molecule has 1 aromatic carbocycles. The first kappa shape index (κ1) is 13.5. The lowest BCUT2D eigenvalue weighted by Gasteiger charge is -2.23. The summed E-state index contributed by atoms with van der Waals surface area (Å²) in [5.74, 6) is -0.345. The second kappa shape index (κ2) is 5.82. The van der Waals surface area contributed by atoms with Crippen LogP contribution < -0.4 is 4.90 Å². The second-order valence-corrected chi connectivity index (χ2v) is 4.71. The van der Waals surface area contributed by atoms with Gasteiger partial charge < -0.3 is 9.80 Å². The van der Waals surface area contributed by atoms with E-state index in [0.29, 0.717) is 30.6 Å². The molecule has 1 fully saturated rings. The first-order valence-corrected chi connectivity index (χ1v) is 6.36. The number of carbonyl (C=O) groups excluding carboxylic acids is 2. The topological polar surface area (TPSA) is 40.6 Å². The van der Waals surface area contributed by atoms with Crippen molar-refractivity contribution in [2.45, 2.75) is 13.3 Å². The van der Waals surface area contributed by atoms with E-state index in [2.05, 4.69) is 0 Å². The Morgan fingerprint density at radius 2 is 2.00 bits per heavy atom. The van der Waals surface area contributed by atoms with E-state index in [1.807, 2.05) is 4.90 Å². The zero-order valence-electron chi connectivity index (χ0n) is 10.9. The van der Waals surface area contributed by atoms with Crippen LogP contribution >= 0.6 is 0 Å². The van der Waals surface area contributed by atoms with Gasteiger partial charge in [-0.15, -0.1) is 0 Å². The SMILES string of the molecule is CC(=O)N1CCCN(c2cc(F)cc(C=O)c2)CC1. The largest absolute Gasteiger partial charge is 0.370 e. The number of aldehydes is 1. The van der Waals surface area contributed by atoms with Crippen LogP contribution in [0.1, 0.15) is 23.7 Å². The van der Waals surface area contributed by atoms with Crippen molar-refractivity contribution in [2.24, 2.45) is 0 Å². The minimum atomic E-state index is -0.410. The first-order valence-electron chi connectivity index (χ1n) is 6.36. The van der Waals surface area contributed by atoms with Crippen LogP contribution in [0.3, 0.4) is 0 Å². The predicted octanol–water partition coefficient (Wildman–Crippen LogP) is 1.70. The lowest BCUT2D eigenvalue weighted by Crippen LogP contribution is -2.33. The number of carbonyl (C=O) groups is 2. The zero-order chi connectivity index (χ0) is 13.8. The van der Waals surface area contributed by atoms with Gasteiger partial charge in [0.15, 0.2) is 0 Å². The van der Waals surface area contributed by atoms with Crippen LogP contribution in [0.15, 0.2) is 18.2 Å². The minimum Gasteiger partial charge on any atom is -0.370 e. The predicted molar refractivity (Wildman–Crippen MR) is 70.9 cm³/mol. The molecule has 5 heteroatoms. The summed E-state index contributed by atoms with van der Waals surface area (Å²) in [6.45, 7) is 4.32. The fourth-order valence-corrected chi connectivity index (χ4v) is 2.34. The third-order valence-electron chi connectivity index (χ3n) is 3.35. The lowest BCUT2D eigenvalue weighted by molar-refractivity contribution is -0.128. The molecule has 0 aliphatic carbocycles. The van der Waals surface area contributed by atoms with Crippen molar-refractivity contribution in [3.05, 3.63) is 29.6 Å². The molecular weight excluding hydrogens is 247 g/mol. The summed E-state index contributed by atoms with van der Waals surface area (Å²) < 4.78 is 13.4. The Morgan fingerprint density at radius 1 is 1.21 bits per heavy atom. The summed E-state index contributed by atoms with van der Waals surface area (Å²) in [7, 11) is 0. The molecule has 1 amide bonds. The van der Waals surface area contributed by atoms with E-state index in [0.717, 1.165) is 19.5 Å². The molecule has 0 radical (unpaired) electrons. The monoisotopic (exact) mass is 264 g/mol. The molecule has 1 aromatic rings. The van der Waals surface area contributed by atoms with Crippen LogP contribution in [0.5, 0.6) is 0 Å². The summed E-state index contributed by atoms with van der Waals surface area (Å²) in [6, 6.07) is 4.33. The van der Waals surface area contributed by atoms with Crippen molar-refractivity contribution in [3.8, 4) is 0 Å². The molecule has 0 unspecified atom stereocenters. The molecule has 0 aromatic heterocycles. The zero-order valence-corrected chi connectivity index (χ0v) is 10.9. The molecule has 1 heterocycles. The summed E-state index contributed by atoms with van der Waals surface area (Å²) in [5.41, 5.74) is 1.04. The molecule has 1 aliphatic rings. The standard InChI is InChI=1S/C14H17FN2O2/c1-11(19)16-3-2-4-17(6-5-16)14-8-12(10-18)7-13(15)9-14/h7-10H,2-6H2,1H3. The highest BCUT2D eigenvalue weighted by Crippen LogP contribution is 2.19. The van der Waals surface area contributed by atoms with Crippen molar-refractivity contribution < 1.29 is 14.0 Å². The summed E-state index contributed by atoms with van der Waals surface area (Å²) in [6.07, 6.45) is 1.48. The van der Waals surface area contributed by atoms with E-state index in [-0.39, 0.29) is 5.91 Å². The molecular formula is C14H17FN2O2. The Hall–Kier alpha value is -1.91. The molecule has 0 saturated carbocycles. The molecule has 0 atom stereocenters. The van der Waals surface area contributed by atoms with Gasteiger partial charge in [0.25, 0.3) is 0 Å². The molecule has 1 aliphatic heterocycles. The molecule has 2 rings (SSSR count). The summed E-state index contributed by atoms with van der Waals surface area (Å²) >= 11 is 0. The van der Waals surface area contributed by atoms with Gasteiger partial charge in [-0.2, -0.15) is 0 Å². The Kier molecular flexibility index (Phi) is 4.14. The fourth-order valence-electron chi connectivity index (χ4n) is 2.34. The molecule has 0 bridgehead atoms. The smallest absolute Gasteiger partial charge is 0.219 e. The Morgan fingerprint density at radius 3 is 2.68 bits per heavy atom. The van der Waals surface area contributed by atoms with Gasteiger partial charge in [-0.1, -0.05) is 0 Å². The van der Waals surface area contributed by atoms with E-state index in [1.165, 1.54) is 12.1 Å². The van der Waals surface area contributed by atoms with Crippen LogP contribution in [0.2, 0.25) is 0 Å². The maximum absolute atomic E-state index is 13.4. The van der Waals surface area contributed by atoms with E-state index in [4.69, 9.17) is 0 Å². The molecule has 0 N–H and O–H groups in total. The van der Waals surface area contributed by atoms with Gasteiger partial charge in [-0.25, -0.2) is 4.39 Å². The van der Waals surface area contributed by atoms with Crippen molar-refractivity contribution in [3.63, 3.8) is 0 Å². The normalized spacial score (nSPS) is 16.1. The van der Waals surface area contributed by atoms with Crippen molar-refractivity contribution in [1.29, 1.82) is 0 Å². The number of benzene rings is 1. The average molecular weight is 264 g/mol. The van der Waals surface area contributed by atoms with Crippen molar-refractivity contribution in [2.75, 3.05) is 31.1 Å². The van der Waals surface area contributed by atoms with Gasteiger partial charge in [0.2, 0.25) is 5.91 Å². The fraction of sp³-hybridized carbons (Fsp3) is 0.429. The highest BCUT2D eigenvalue weighted by Gasteiger charge is 2.17. The number of hydrogen-bond donors (Lipinski definition) is 0. The first-order chi connectivity index (χ1) is 9.10. The third-order valence-corrected chi connectivity index (χ3v) is 3.35. The van der Waals surface area contributed by atoms with Crippen LogP contribution in [-0.2, 0) is 4.79 Å². The molecule has 19 heavy (non-hydrogen) atoms. The highest BCUT2D eigenvalue weighted by molar-refractivity contribution is 5.77. The quantitative estimate of drug-likeness (QED) is 0.763. The highest BCUT2D eigenvalue weighted by atomic mass is 19.1. The van der Waals surface area contributed by atoms with Crippen LogP contribution in [-0.4, -0.2) is 43.3 Å². The van der Waals surface area contributed by atoms with Crippen molar-refractivity contribution >= 4 is 17.9 Å². The molecule has 4 nitrogen and oxygen atoms in total. The summed E-state index contributed by atoms with van der Waals surface area (Å²) in [4.78, 5) is 25.9. The van der Waals surface area contributed by atoms with Crippen LogP contribution in [0.25, 0.3) is 0 Å². The average Bonchev–Trinajstić information content (AvgIpc) is 2.63. The second-order valence-electron chi connectivity index (χ2n) is 4.71. The van der Waals surface area contributed by atoms with E-state index >= 15 is 0 Å². The third kappa shape index (κ3) is 3.30. The molecule has 0 spiro atoms. The van der Waals surface area contributed by atoms with Gasteiger partial charge in [-0.05, 0) is 24.6 Å². The Bertz CT molecular complexity index is 490.